The van der Waals surface area contributed by atoms with Gasteiger partial charge in [-0.2, -0.15) is 16.3 Å². The molecule has 3 aromatic heterocycles. The molecule has 0 saturated carbocycles. The number of hydrogen-bond acceptors (Lipinski definition) is 7. The SMILES string of the molecule is Cc1oc(-c2ccsc2)nc1CSc1n[nH]c(N)n1. The van der Waals surface area contributed by atoms with Crippen molar-refractivity contribution in [3.8, 4) is 11.5 Å². The highest BCUT2D eigenvalue weighted by molar-refractivity contribution is 7.98. The Kier molecular flexibility index (Phi) is 3.26. The van der Waals surface area contributed by atoms with Crippen LogP contribution in [0, 0.1) is 6.92 Å². The number of oxazole rings is 1. The van der Waals surface area contributed by atoms with Crippen LogP contribution in [-0.2, 0) is 5.75 Å². The molecule has 0 radical (unpaired) electrons. The Bertz CT molecular complexity index is 673. The van der Waals surface area contributed by atoms with Crippen LogP contribution in [0.2, 0.25) is 0 Å². The van der Waals surface area contributed by atoms with Gasteiger partial charge < -0.3 is 10.2 Å². The molecule has 19 heavy (non-hydrogen) atoms. The molecule has 0 bridgehead atoms. The van der Waals surface area contributed by atoms with Crippen LogP contribution in [0.4, 0.5) is 5.95 Å². The third kappa shape index (κ3) is 2.64. The number of nitrogen functional groups attached to an aromatic ring is 1. The largest absolute Gasteiger partial charge is 0.441 e. The lowest BCUT2D eigenvalue weighted by Gasteiger charge is -1.92. The maximum atomic E-state index is 5.66. The summed E-state index contributed by atoms with van der Waals surface area (Å²) in [6.45, 7) is 1.91. The molecule has 0 fully saturated rings. The molecule has 3 heterocycles. The van der Waals surface area contributed by atoms with Gasteiger partial charge in [-0.15, -0.1) is 5.10 Å². The Labute approximate surface area is 117 Å². The van der Waals surface area contributed by atoms with Crippen molar-refractivity contribution in [1.82, 2.24) is 20.2 Å². The molecule has 98 valence electrons. The monoisotopic (exact) mass is 293 g/mol. The van der Waals surface area contributed by atoms with Crippen molar-refractivity contribution in [1.29, 1.82) is 0 Å². The molecule has 0 spiro atoms. The molecular formula is C11H11N5OS2. The van der Waals surface area contributed by atoms with Crippen LogP contribution < -0.4 is 5.73 Å². The molecule has 3 aromatic rings. The number of H-pyrrole nitrogens is 1. The van der Waals surface area contributed by atoms with Gasteiger partial charge in [0.15, 0.2) is 0 Å². The van der Waals surface area contributed by atoms with E-state index in [1.165, 1.54) is 11.8 Å². The molecule has 0 aromatic carbocycles. The van der Waals surface area contributed by atoms with Crippen LogP contribution in [0.3, 0.4) is 0 Å². The number of aryl methyl sites for hydroxylation is 1. The summed E-state index contributed by atoms with van der Waals surface area (Å²) in [6.07, 6.45) is 0. The zero-order chi connectivity index (χ0) is 13.2. The third-order valence-corrected chi connectivity index (χ3v) is 4.02. The summed E-state index contributed by atoms with van der Waals surface area (Å²) in [7, 11) is 0. The van der Waals surface area contributed by atoms with Gasteiger partial charge in [0.1, 0.15) is 5.76 Å². The highest BCUT2D eigenvalue weighted by Crippen LogP contribution is 2.27. The third-order valence-electron chi connectivity index (χ3n) is 2.48. The standard InChI is InChI=1S/C11H11N5OS2/c1-6-8(5-19-11-14-10(12)15-16-11)13-9(17-6)7-2-3-18-4-7/h2-4H,5H2,1H3,(H3,12,14,15,16). The molecule has 0 aliphatic heterocycles. The Morgan fingerprint density at radius 3 is 3.05 bits per heavy atom. The van der Waals surface area contributed by atoms with Gasteiger partial charge in [0, 0.05) is 16.7 Å². The normalized spacial score (nSPS) is 11.0. The fourth-order valence-corrected chi connectivity index (χ4v) is 2.96. The Balaban J connectivity index is 1.75. The van der Waals surface area contributed by atoms with E-state index < -0.39 is 0 Å². The lowest BCUT2D eigenvalue weighted by Crippen LogP contribution is -1.86. The molecule has 3 N–H and O–H groups in total. The summed E-state index contributed by atoms with van der Waals surface area (Å²) < 4.78 is 5.66. The van der Waals surface area contributed by atoms with Gasteiger partial charge in [0.2, 0.25) is 17.0 Å². The first-order chi connectivity index (χ1) is 9.22. The second kappa shape index (κ2) is 5.06. The van der Waals surface area contributed by atoms with Crippen molar-refractivity contribution in [3.05, 3.63) is 28.3 Å². The van der Waals surface area contributed by atoms with E-state index in [0.717, 1.165) is 17.0 Å². The van der Waals surface area contributed by atoms with Gasteiger partial charge in [-0.25, -0.2) is 10.1 Å². The average Bonchev–Trinajstić information content (AvgIpc) is 3.07. The highest BCUT2D eigenvalue weighted by Gasteiger charge is 2.13. The van der Waals surface area contributed by atoms with E-state index in [2.05, 4.69) is 20.2 Å². The number of nitrogens with two attached hydrogens (primary N) is 1. The number of thioether (sulfide) groups is 1. The lowest BCUT2D eigenvalue weighted by molar-refractivity contribution is 0.541. The minimum atomic E-state index is 0.318. The van der Waals surface area contributed by atoms with Crippen LogP contribution in [0.1, 0.15) is 11.5 Å². The summed E-state index contributed by atoms with van der Waals surface area (Å²) in [5.74, 6) is 2.44. The maximum absolute atomic E-state index is 5.66. The Morgan fingerprint density at radius 1 is 1.47 bits per heavy atom. The molecule has 0 amide bonds. The predicted molar refractivity (Wildman–Crippen MR) is 74.9 cm³/mol. The van der Waals surface area contributed by atoms with E-state index in [1.807, 2.05) is 23.8 Å². The molecule has 0 atom stereocenters. The van der Waals surface area contributed by atoms with E-state index in [1.54, 1.807) is 11.3 Å². The number of hydrogen-bond donors (Lipinski definition) is 2. The summed E-state index contributed by atoms with van der Waals surface area (Å²) in [5, 5.41) is 11.2. The van der Waals surface area contributed by atoms with Crippen molar-refractivity contribution in [2.45, 2.75) is 17.8 Å². The van der Waals surface area contributed by atoms with Crippen LogP contribution >= 0.6 is 23.1 Å². The number of nitrogens with zero attached hydrogens (tertiary/aromatic N) is 3. The summed E-state index contributed by atoms with van der Waals surface area (Å²) in [6, 6.07) is 1.99. The summed E-state index contributed by atoms with van der Waals surface area (Å²) in [4.78, 5) is 8.53. The molecule has 8 heteroatoms. The maximum Gasteiger partial charge on any atom is 0.227 e. The minimum Gasteiger partial charge on any atom is -0.441 e. The van der Waals surface area contributed by atoms with Gasteiger partial charge in [-0.05, 0) is 18.4 Å². The highest BCUT2D eigenvalue weighted by atomic mass is 32.2. The van der Waals surface area contributed by atoms with Crippen LogP contribution in [0.15, 0.2) is 26.4 Å². The quantitative estimate of drug-likeness (QED) is 0.718. The second-order valence-electron chi connectivity index (χ2n) is 3.83. The first-order valence-corrected chi connectivity index (χ1v) is 7.45. The topological polar surface area (TPSA) is 93.6 Å². The predicted octanol–water partition coefficient (Wildman–Crippen LogP) is 2.70. The molecule has 0 aliphatic carbocycles. The van der Waals surface area contributed by atoms with Crippen LogP contribution in [-0.4, -0.2) is 20.2 Å². The smallest absolute Gasteiger partial charge is 0.227 e. The van der Waals surface area contributed by atoms with E-state index in [9.17, 15) is 0 Å². The number of anilines is 1. The van der Waals surface area contributed by atoms with Gasteiger partial charge >= 0.3 is 0 Å². The second-order valence-corrected chi connectivity index (χ2v) is 5.55. The Hall–Kier alpha value is -1.80. The molecular weight excluding hydrogens is 282 g/mol. The van der Waals surface area contributed by atoms with Crippen molar-refractivity contribution < 1.29 is 4.42 Å². The zero-order valence-electron chi connectivity index (χ0n) is 10.1. The summed E-state index contributed by atoms with van der Waals surface area (Å²) >= 11 is 3.09. The number of aromatic nitrogens is 4. The van der Waals surface area contributed by atoms with Gasteiger partial charge in [0.25, 0.3) is 0 Å². The van der Waals surface area contributed by atoms with Crippen LogP contribution in [0.25, 0.3) is 11.5 Å². The lowest BCUT2D eigenvalue weighted by atomic mass is 10.3. The van der Waals surface area contributed by atoms with Crippen molar-refractivity contribution in [2.75, 3.05) is 5.73 Å². The van der Waals surface area contributed by atoms with Crippen molar-refractivity contribution in [3.63, 3.8) is 0 Å². The van der Waals surface area contributed by atoms with E-state index in [0.29, 0.717) is 22.7 Å². The number of aromatic amines is 1. The molecule has 0 aliphatic rings. The van der Waals surface area contributed by atoms with E-state index >= 15 is 0 Å². The number of rotatable bonds is 4. The van der Waals surface area contributed by atoms with Crippen molar-refractivity contribution in [2.24, 2.45) is 0 Å². The fraction of sp³-hybridized carbons (Fsp3) is 0.182. The first kappa shape index (κ1) is 12.2. The first-order valence-electron chi connectivity index (χ1n) is 5.52. The molecule has 3 rings (SSSR count). The number of nitrogens with one attached hydrogen (secondary N) is 1. The summed E-state index contributed by atoms with van der Waals surface area (Å²) in [5.41, 5.74) is 7.37. The average molecular weight is 293 g/mol. The van der Waals surface area contributed by atoms with E-state index in [4.69, 9.17) is 10.2 Å². The minimum absolute atomic E-state index is 0.318. The molecule has 0 saturated heterocycles. The molecule has 0 unspecified atom stereocenters. The van der Waals surface area contributed by atoms with Gasteiger partial charge in [-0.3, -0.25) is 0 Å². The van der Waals surface area contributed by atoms with Gasteiger partial charge in [0.05, 0.1) is 5.69 Å². The zero-order valence-corrected chi connectivity index (χ0v) is 11.7. The van der Waals surface area contributed by atoms with Crippen LogP contribution in [0.5, 0.6) is 0 Å². The van der Waals surface area contributed by atoms with E-state index in [-0.39, 0.29) is 0 Å². The van der Waals surface area contributed by atoms with Gasteiger partial charge in [-0.1, -0.05) is 11.8 Å². The van der Waals surface area contributed by atoms with Crippen molar-refractivity contribution >= 4 is 29.0 Å². The fourth-order valence-electron chi connectivity index (χ4n) is 1.53. The molecule has 6 nitrogen and oxygen atoms in total. The number of thiophene rings is 1. The Morgan fingerprint density at radius 2 is 2.37 bits per heavy atom.